The van der Waals surface area contributed by atoms with Crippen LogP contribution in [0.15, 0.2) is 0 Å². The smallest absolute Gasteiger partial charge is 0.425 e. The average molecular weight is 317 g/mol. The summed E-state index contributed by atoms with van der Waals surface area (Å²) in [6.45, 7) is 3.09. The molecule has 14 heavy (non-hydrogen) atoms. The standard InChI is InChI=1S/C7H12INO5/c1-4(8)6(10)12-5(2)13-7(11)14-9-3/h4-5,9H,1-3H3. The number of esters is 1. The van der Waals surface area contributed by atoms with E-state index in [2.05, 4.69) is 15.1 Å². The molecule has 2 atom stereocenters. The van der Waals surface area contributed by atoms with Crippen LogP contribution in [0.5, 0.6) is 0 Å². The molecule has 0 aliphatic rings. The Labute approximate surface area is 95.4 Å². The second kappa shape index (κ2) is 6.82. The minimum absolute atomic E-state index is 0.293. The lowest BCUT2D eigenvalue weighted by atomic mass is 10.5. The number of halogens is 1. The van der Waals surface area contributed by atoms with E-state index in [1.54, 1.807) is 6.92 Å². The Kier molecular flexibility index (Phi) is 6.54. The van der Waals surface area contributed by atoms with Gasteiger partial charge in [0.25, 0.3) is 0 Å². The van der Waals surface area contributed by atoms with E-state index in [9.17, 15) is 9.59 Å². The van der Waals surface area contributed by atoms with Gasteiger partial charge < -0.3 is 14.3 Å². The maximum absolute atomic E-state index is 11.0. The van der Waals surface area contributed by atoms with Gasteiger partial charge in [-0.1, -0.05) is 22.6 Å². The van der Waals surface area contributed by atoms with Crippen molar-refractivity contribution in [1.82, 2.24) is 5.48 Å². The van der Waals surface area contributed by atoms with E-state index in [-0.39, 0.29) is 3.92 Å². The highest BCUT2D eigenvalue weighted by Gasteiger charge is 2.17. The molecule has 0 amide bonds. The van der Waals surface area contributed by atoms with Crippen molar-refractivity contribution in [3.05, 3.63) is 0 Å². The van der Waals surface area contributed by atoms with Crippen molar-refractivity contribution in [3.63, 3.8) is 0 Å². The molecule has 0 radical (unpaired) electrons. The second-order valence-electron chi connectivity index (χ2n) is 2.29. The maximum Gasteiger partial charge on any atom is 0.530 e. The van der Waals surface area contributed by atoms with Gasteiger partial charge >= 0.3 is 12.1 Å². The molecule has 0 aromatic carbocycles. The summed E-state index contributed by atoms with van der Waals surface area (Å²) in [6, 6.07) is 0. The molecule has 0 heterocycles. The number of carbonyl (C=O) groups is 2. The maximum atomic E-state index is 11.0. The van der Waals surface area contributed by atoms with Gasteiger partial charge in [0.2, 0.25) is 6.29 Å². The van der Waals surface area contributed by atoms with Crippen LogP contribution in [0.2, 0.25) is 0 Å². The van der Waals surface area contributed by atoms with Crippen molar-refractivity contribution in [1.29, 1.82) is 0 Å². The van der Waals surface area contributed by atoms with Crippen LogP contribution in [-0.4, -0.2) is 29.4 Å². The third-order valence-electron chi connectivity index (χ3n) is 1.05. The first kappa shape index (κ1) is 13.4. The number of hydrogen-bond acceptors (Lipinski definition) is 6. The van der Waals surface area contributed by atoms with E-state index in [0.717, 1.165) is 0 Å². The molecule has 0 aromatic rings. The lowest BCUT2D eigenvalue weighted by Gasteiger charge is -2.13. The van der Waals surface area contributed by atoms with Crippen LogP contribution in [0, 0.1) is 0 Å². The van der Waals surface area contributed by atoms with Crippen LogP contribution in [-0.2, 0) is 19.1 Å². The van der Waals surface area contributed by atoms with Crippen molar-refractivity contribution in [2.24, 2.45) is 0 Å². The molecular weight excluding hydrogens is 305 g/mol. The molecule has 0 fully saturated rings. The highest BCUT2D eigenvalue weighted by Crippen LogP contribution is 2.05. The number of rotatable bonds is 4. The molecule has 0 aliphatic carbocycles. The predicted molar refractivity (Wildman–Crippen MR) is 55.7 cm³/mol. The first-order chi connectivity index (χ1) is 6.47. The SMILES string of the molecule is CNOC(=O)OC(C)OC(=O)C(C)I. The van der Waals surface area contributed by atoms with Crippen LogP contribution in [0.1, 0.15) is 13.8 Å². The molecule has 82 valence electrons. The topological polar surface area (TPSA) is 73.9 Å². The Morgan fingerprint density at radius 2 is 1.86 bits per heavy atom. The third kappa shape index (κ3) is 5.97. The number of hydroxylamine groups is 1. The molecule has 0 aliphatic heterocycles. The predicted octanol–water partition coefficient (Wildman–Crippen LogP) is 0.987. The van der Waals surface area contributed by atoms with E-state index >= 15 is 0 Å². The summed E-state index contributed by atoms with van der Waals surface area (Å²) in [7, 11) is 1.41. The quantitative estimate of drug-likeness (QED) is 0.274. The highest BCUT2D eigenvalue weighted by molar-refractivity contribution is 14.1. The third-order valence-corrected chi connectivity index (χ3v) is 1.56. The van der Waals surface area contributed by atoms with Crippen LogP contribution in [0.4, 0.5) is 4.79 Å². The largest absolute Gasteiger partial charge is 0.530 e. The summed E-state index contributed by atoms with van der Waals surface area (Å²) in [5.74, 6) is -0.449. The van der Waals surface area contributed by atoms with Crippen molar-refractivity contribution in [2.75, 3.05) is 7.05 Å². The summed E-state index contributed by atoms with van der Waals surface area (Å²) in [4.78, 5) is 26.0. The Bertz CT molecular complexity index is 208. The summed E-state index contributed by atoms with van der Waals surface area (Å²) in [5, 5.41) is 0. The zero-order valence-corrected chi connectivity index (χ0v) is 10.2. The molecule has 6 nitrogen and oxygen atoms in total. The van der Waals surface area contributed by atoms with Crippen LogP contribution in [0.3, 0.4) is 0 Å². The molecule has 0 spiro atoms. The van der Waals surface area contributed by atoms with Gasteiger partial charge in [-0.3, -0.25) is 4.79 Å². The Morgan fingerprint density at radius 3 is 2.29 bits per heavy atom. The van der Waals surface area contributed by atoms with Gasteiger partial charge in [0, 0.05) is 14.0 Å². The zero-order chi connectivity index (χ0) is 11.1. The van der Waals surface area contributed by atoms with Crippen molar-refractivity contribution in [2.45, 2.75) is 24.1 Å². The van der Waals surface area contributed by atoms with Gasteiger partial charge in [-0.15, -0.1) is 0 Å². The fraction of sp³-hybridized carbons (Fsp3) is 0.714. The molecular formula is C7H12INO5. The van der Waals surface area contributed by atoms with E-state index in [1.807, 2.05) is 22.6 Å². The lowest BCUT2D eigenvalue weighted by Crippen LogP contribution is -2.27. The summed E-state index contributed by atoms with van der Waals surface area (Å²) < 4.78 is 8.98. The number of ether oxygens (including phenoxy) is 2. The minimum atomic E-state index is -0.958. The Balaban J connectivity index is 3.80. The minimum Gasteiger partial charge on any atom is -0.425 e. The second-order valence-corrected chi connectivity index (χ2v) is 4.16. The zero-order valence-electron chi connectivity index (χ0n) is 8.07. The normalized spacial score (nSPS) is 14.0. The fourth-order valence-corrected chi connectivity index (χ4v) is 0.671. The van der Waals surface area contributed by atoms with Crippen molar-refractivity contribution < 1.29 is 23.9 Å². The molecule has 7 heteroatoms. The Morgan fingerprint density at radius 1 is 1.29 bits per heavy atom. The van der Waals surface area contributed by atoms with Crippen LogP contribution >= 0.6 is 22.6 Å². The molecule has 0 rings (SSSR count). The average Bonchev–Trinajstić information content (AvgIpc) is 2.03. The van der Waals surface area contributed by atoms with Gasteiger partial charge in [-0.05, 0) is 6.92 Å². The number of hydrogen-bond donors (Lipinski definition) is 1. The summed E-state index contributed by atoms with van der Waals surface area (Å²) >= 11 is 1.89. The number of alkyl halides is 1. The molecule has 2 unspecified atom stereocenters. The molecule has 0 saturated carbocycles. The van der Waals surface area contributed by atoms with Gasteiger partial charge in [-0.2, -0.15) is 5.48 Å². The molecule has 0 bridgehead atoms. The molecule has 0 saturated heterocycles. The van der Waals surface area contributed by atoms with Crippen molar-refractivity contribution in [3.8, 4) is 0 Å². The highest BCUT2D eigenvalue weighted by atomic mass is 127. The lowest BCUT2D eigenvalue weighted by molar-refractivity contribution is -0.167. The van der Waals surface area contributed by atoms with Crippen LogP contribution in [0.25, 0.3) is 0 Å². The fourth-order valence-electron chi connectivity index (χ4n) is 0.524. The number of nitrogens with one attached hydrogen (secondary N) is 1. The van der Waals surface area contributed by atoms with E-state index in [1.165, 1.54) is 14.0 Å². The first-order valence-electron chi connectivity index (χ1n) is 3.86. The summed E-state index contributed by atoms with van der Waals surface area (Å²) in [5.41, 5.74) is 2.13. The summed E-state index contributed by atoms with van der Waals surface area (Å²) in [6.07, 6.45) is -1.91. The van der Waals surface area contributed by atoms with Gasteiger partial charge in [0.15, 0.2) is 0 Å². The van der Waals surface area contributed by atoms with E-state index in [4.69, 9.17) is 4.74 Å². The van der Waals surface area contributed by atoms with E-state index < -0.39 is 18.4 Å². The molecule has 1 N–H and O–H groups in total. The van der Waals surface area contributed by atoms with Gasteiger partial charge in [-0.25, -0.2) is 4.79 Å². The van der Waals surface area contributed by atoms with Gasteiger partial charge in [0.1, 0.15) is 3.92 Å². The monoisotopic (exact) mass is 317 g/mol. The van der Waals surface area contributed by atoms with Crippen LogP contribution < -0.4 is 5.48 Å². The van der Waals surface area contributed by atoms with Gasteiger partial charge in [0.05, 0.1) is 0 Å². The van der Waals surface area contributed by atoms with Crippen molar-refractivity contribution >= 4 is 34.7 Å². The van der Waals surface area contributed by atoms with E-state index in [0.29, 0.717) is 0 Å². The number of carbonyl (C=O) groups excluding carboxylic acids is 2. The Hall–Kier alpha value is -0.570. The molecule has 0 aromatic heterocycles. The first-order valence-corrected chi connectivity index (χ1v) is 5.10.